The van der Waals surface area contributed by atoms with Crippen LogP contribution in [-0.2, 0) is 42.7 Å². The minimum atomic E-state index is -1.63. The fourth-order valence-corrected chi connectivity index (χ4v) is 8.59. The van der Waals surface area contributed by atoms with Gasteiger partial charge in [0.15, 0.2) is 12.6 Å². The van der Waals surface area contributed by atoms with E-state index in [-0.39, 0.29) is 30.8 Å². The van der Waals surface area contributed by atoms with Gasteiger partial charge >= 0.3 is 5.97 Å². The summed E-state index contributed by atoms with van der Waals surface area (Å²) < 4.78 is 43.9. The minimum absolute atomic E-state index is 0.102. The molecule has 3 saturated heterocycles. The Morgan fingerprint density at radius 3 is 2.20 bits per heavy atom. The molecule has 4 heterocycles. The quantitative estimate of drug-likeness (QED) is 0.331. The number of ketones is 1. The number of likely N-dealkylation sites (N-methyl/N-ethyl adjacent to an activating group) is 1. The molecule has 0 amide bonds. The van der Waals surface area contributed by atoms with E-state index in [1.165, 1.54) is 7.11 Å². The van der Waals surface area contributed by atoms with Gasteiger partial charge < -0.3 is 53.4 Å². The fourth-order valence-electron chi connectivity index (χ4n) is 8.59. The third-order valence-corrected chi connectivity index (χ3v) is 11.7. The Morgan fingerprint density at radius 1 is 0.980 bits per heavy atom. The Hall–Kier alpha value is -1.68. The van der Waals surface area contributed by atoms with Crippen LogP contribution in [-0.4, -0.2) is 131 Å². The van der Waals surface area contributed by atoms with Crippen LogP contribution < -0.4 is 0 Å². The van der Waals surface area contributed by atoms with E-state index in [4.69, 9.17) is 33.2 Å². The summed E-state index contributed by atoms with van der Waals surface area (Å²) in [6, 6.07) is -0.275. The second kappa shape index (κ2) is 15.4. The molecule has 0 radical (unpaired) electrons. The highest BCUT2D eigenvalue weighted by Gasteiger charge is 2.56. The van der Waals surface area contributed by atoms with Crippen LogP contribution in [0.4, 0.5) is 0 Å². The minimum Gasteiger partial charge on any atom is -0.479 e. The van der Waals surface area contributed by atoms with Crippen molar-refractivity contribution in [3.8, 4) is 0 Å². The van der Waals surface area contributed by atoms with Gasteiger partial charge in [-0.25, -0.2) is 0 Å². The zero-order valence-electron chi connectivity index (χ0n) is 32.3. The van der Waals surface area contributed by atoms with Crippen molar-refractivity contribution in [1.29, 1.82) is 0 Å². The smallest absolute Gasteiger partial charge is 0.311 e. The second-order valence-corrected chi connectivity index (χ2v) is 16.1. The molecule has 50 heavy (non-hydrogen) atoms. The third kappa shape index (κ3) is 7.82. The van der Waals surface area contributed by atoms with Gasteiger partial charge in [-0.05, 0) is 81.8 Å². The number of esters is 1. The van der Waals surface area contributed by atoms with Gasteiger partial charge in [0.2, 0.25) is 11.4 Å². The first-order chi connectivity index (χ1) is 23.1. The molecule has 0 aromatic carbocycles. The lowest BCUT2D eigenvalue weighted by Crippen LogP contribution is -2.60. The molecule has 4 rings (SSSR count). The molecule has 16 atom stereocenters. The molecule has 13 nitrogen and oxygen atoms in total. The van der Waals surface area contributed by atoms with Gasteiger partial charge in [-0.3, -0.25) is 9.59 Å². The molecule has 4 aliphatic heterocycles. The summed E-state index contributed by atoms with van der Waals surface area (Å²) in [5, 5.41) is 34.9. The summed E-state index contributed by atoms with van der Waals surface area (Å²) in [5.74, 6) is -2.61. The predicted molar refractivity (Wildman–Crippen MR) is 183 cm³/mol. The maximum Gasteiger partial charge on any atom is 0.311 e. The summed E-state index contributed by atoms with van der Waals surface area (Å²) in [5.41, 5.74) is -3.67. The number of cyclic esters (lactones) is 1. The Kier molecular flexibility index (Phi) is 12.6. The Morgan fingerprint density at radius 2 is 1.62 bits per heavy atom. The zero-order chi connectivity index (χ0) is 37.7. The largest absolute Gasteiger partial charge is 0.479 e. The summed E-state index contributed by atoms with van der Waals surface area (Å²) >= 11 is 0. The molecular formula is C37H63NO12. The van der Waals surface area contributed by atoms with E-state index in [0.717, 1.165) is 0 Å². The number of allylic oxidation sites excluding steroid dienone is 1. The molecule has 4 aliphatic rings. The number of hydrogen-bond donors (Lipinski definition) is 3. The molecule has 2 unspecified atom stereocenters. The van der Waals surface area contributed by atoms with Gasteiger partial charge in [-0.1, -0.05) is 20.8 Å². The lowest BCUT2D eigenvalue weighted by Gasteiger charge is -2.48. The Balaban J connectivity index is 1.83. The van der Waals surface area contributed by atoms with Crippen LogP contribution in [0.15, 0.2) is 11.3 Å². The van der Waals surface area contributed by atoms with Crippen LogP contribution in [0.1, 0.15) is 94.9 Å². The first-order valence-electron chi connectivity index (χ1n) is 18.2. The number of carbonyl (C=O) groups excluding carboxylic acids is 2. The van der Waals surface area contributed by atoms with Gasteiger partial charge in [0, 0.05) is 37.0 Å². The number of methoxy groups -OCH3 is 1. The van der Waals surface area contributed by atoms with Crippen molar-refractivity contribution in [3.05, 3.63) is 11.3 Å². The SMILES string of the molecule is CC[C@H]1OC(=O)[C@H](C)[C@@H](O[C@H]2C[C@@](C)(OC)[C@@H](O)[C@H](C)O2)[C@H](C)[C@@H](OC2O[C@H](C)C[C@H](N(C)C)[C@H]2O)[C@](C)(O)C[C@@H](C)C2=C(C)C(=O)C1(C)O2. The maximum atomic E-state index is 14.2. The Labute approximate surface area is 297 Å². The molecule has 0 aromatic heterocycles. The zero-order valence-corrected chi connectivity index (χ0v) is 32.3. The van der Waals surface area contributed by atoms with Gasteiger partial charge in [-0.15, -0.1) is 0 Å². The van der Waals surface area contributed by atoms with Crippen LogP contribution in [0.2, 0.25) is 0 Å². The number of hydrogen-bond acceptors (Lipinski definition) is 13. The van der Waals surface area contributed by atoms with Crippen LogP contribution in [0.5, 0.6) is 0 Å². The van der Waals surface area contributed by atoms with E-state index < -0.39 is 89.7 Å². The van der Waals surface area contributed by atoms with Gasteiger partial charge in [0.25, 0.3) is 0 Å². The van der Waals surface area contributed by atoms with Crippen molar-refractivity contribution in [2.45, 2.75) is 173 Å². The highest BCUT2D eigenvalue weighted by molar-refractivity contribution is 6.04. The number of ether oxygens (including phenoxy) is 7. The van der Waals surface area contributed by atoms with Crippen molar-refractivity contribution >= 4 is 11.8 Å². The molecule has 0 spiro atoms. The number of rotatable bonds is 7. The van der Waals surface area contributed by atoms with E-state index in [1.807, 2.05) is 46.7 Å². The number of aliphatic hydroxyl groups excluding tert-OH is 2. The number of aliphatic hydroxyl groups is 3. The highest BCUT2D eigenvalue weighted by Crippen LogP contribution is 2.44. The molecule has 0 aromatic rings. The topological polar surface area (TPSA) is 163 Å². The first kappa shape index (κ1) is 41.1. The Bertz CT molecular complexity index is 1260. The van der Waals surface area contributed by atoms with E-state index in [9.17, 15) is 24.9 Å². The van der Waals surface area contributed by atoms with E-state index in [0.29, 0.717) is 24.2 Å². The predicted octanol–water partition coefficient (Wildman–Crippen LogP) is 3.10. The second-order valence-electron chi connectivity index (χ2n) is 16.1. The number of nitrogens with zero attached hydrogens (tertiary/aromatic N) is 1. The molecule has 288 valence electrons. The lowest BCUT2D eigenvalue weighted by atomic mass is 9.77. The summed E-state index contributed by atoms with van der Waals surface area (Å²) in [6.45, 7) is 17.6. The molecule has 0 aliphatic carbocycles. The first-order valence-corrected chi connectivity index (χ1v) is 18.2. The summed E-state index contributed by atoms with van der Waals surface area (Å²) in [6.07, 6.45) is -6.74. The number of carbonyl (C=O) groups is 2. The maximum absolute atomic E-state index is 14.2. The van der Waals surface area contributed by atoms with Gasteiger partial charge in [0.1, 0.15) is 24.1 Å². The van der Waals surface area contributed by atoms with Crippen molar-refractivity contribution < 1.29 is 58.1 Å². The molecule has 0 saturated carbocycles. The standard InChI is InChI=1S/C37H63NO12/c1-14-25-37(10)30(40)20(4)28(50-37)18(2)16-35(8,43)32(49-34-27(39)24(38(11)12)15-19(3)45-34)21(5)29(22(6)33(42)47-25)48-26-17-36(9,44-13)31(41)23(7)46-26/h18-19,21-27,29,31-32,34,39,41,43H,14-17H2,1-13H3/t18-,19-,21+,22-,23+,24+,25-,26+,27-,29+,31+,32-,34?,35-,36-,37?/m1/s1. The van der Waals surface area contributed by atoms with Crippen LogP contribution in [0.25, 0.3) is 0 Å². The van der Waals surface area contributed by atoms with Crippen LogP contribution in [0, 0.1) is 17.8 Å². The normalized spacial score (nSPS) is 48.1. The van der Waals surface area contributed by atoms with Gasteiger partial charge in [-0.2, -0.15) is 0 Å². The summed E-state index contributed by atoms with van der Waals surface area (Å²) in [7, 11) is 5.27. The molecule has 2 bridgehead atoms. The van der Waals surface area contributed by atoms with E-state index >= 15 is 0 Å². The lowest BCUT2D eigenvalue weighted by molar-refractivity contribution is -0.317. The number of Topliss-reactive ketones (excluding diaryl/α,β-unsaturated/α-hetero) is 1. The highest BCUT2D eigenvalue weighted by atomic mass is 16.7. The average Bonchev–Trinajstić information content (AvgIpc) is 3.28. The van der Waals surface area contributed by atoms with Crippen LogP contribution >= 0.6 is 0 Å². The fraction of sp³-hybridized carbons (Fsp3) is 0.892. The van der Waals surface area contributed by atoms with Crippen molar-refractivity contribution in [1.82, 2.24) is 4.90 Å². The molecule has 3 fully saturated rings. The van der Waals surface area contributed by atoms with E-state index in [1.54, 1.807) is 41.5 Å². The molecular weight excluding hydrogens is 650 g/mol. The monoisotopic (exact) mass is 713 g/mol. The van der Waals surface area contributed by atoms with Crippen LogP contribution in [0.3, 0.4) is 0 Å². The molecule has 3 N–H and O–H groups in total. The third-order valence-electron chi connectivity index (χ3n) is 11.7. The summed E-state index contributed by atoms with van der Waals surface area (Å²) in [4.78, 5) is 29.8. The number of fused-ring (bicyclic) bond motifs is 2. The molecule has 13 heteroatoms. The van der Waals surface area contributed by atoms with Crippen molar-refractivity contribution in [2.24, 2.45) is 17.8 Å². The van der Waals surface area contributed by atoms with Crippen molar-refractivity contribution in [2.75, 3.05) is 21.2 Å². The average molecular weight is 714 g/mol. The van der Waals surface area contributed by atoms with E-state index in [2.05, 4.69) is 0 Å². The van der Waals surface area contributed by atoms with Gasteiger partial charge in [0.05, 0.1) is 41.5 Å². The van der Waals surface area contributed by atoms with Crippen molar-refractivity contribution in [3.63, 3.8) is 0 Å².